The monoisotopic (exact) mass is 250 g/mol. The Morgan fingerprint density at radius 2 is 1.89 bits per heavy atom. The van der Waals surface area contributed by atoms with E-state index in [-0.39, 0.29) is 17.9 Å². The molecule has 2 amide bonds. The van der Waals surface area contributed by atoms with Gasteiger partial charge in [0.15, 0.2) is 0 Å². The fourth-order valence-corrected chi connectivity index (χ4v) is 3.55. The molecule has 4 nitrogen and oxygen atoms in total. The van der Waals surface area contributed by atoms with Gasteiger partial charge in [-0.2, -0.15) is 0 Å². The first-order valence-electron chi connectivity index (χ1n) is 7.21. The molecule has 2 saturated carbocycles. The van der Waals surface area contributed by atoms with Crippen LogP contribution in [0, 0.1) is 11.8 Å². The Morgan fingerprint density at radius 3 is 2.50 bits per heavy atom. The number of hydrogen-bond acceptors (Lipinski definition) is 3. The predicted molar refractivity (Wildman–Crippen MR) is 67.8 cm³/mol. The van der Waals surface area contributed by atoms with Crippen LogP contribution in [0.15, 0.2) is 0 Å². The normalized spacial score (nSPS) is 37.4. The van der Waals surface area contributed by atoms with Crippen LogP contribution in [0.4, 0.5) is 0 Å². The van der Waals surface area contributed by atoms with Crippen LogP contribution in [0.5, 0.6) is 0 Å². The summed E-state index contributed by atoms with van der Waals surface area (Å²) in [5.41, 5.74) is 0. The van der Waals surface area contributed by atoms with Crippen LogP contribution in [0.1, 0.15) is 44.9 Å². The summed E-state index contributed by atoms with van der Waals surface area (Å²) in [7, 11) is 1.58. The van der Waals surface area contributed by atoms with Gasteiger partial charge in [-0.25, -0.2) is 0 Å². The quantitative estimate of drug-likeness (QED) is 0.768. The molecule has 0 aromatic rings. The SMILES string of the molecule is CN1C(=O)CC(NC2CCCC(C3CC3)C2)C1=O. The Kier molecular flexibility index (Phi) is 3.14. The van der Waals surface area contributed by atoms with Crippen LogP contribution < -0.4 is 5.32 Å². The third-order valence-corrected chi connectivity index (χ3v) is 4.82. The number of carbonyl (C=O) groups is 2. The summed E-state index contributed by atoms with van der Waals surface area (Å²) in [6.07, 6.45) is 8.14. The van der Waals surface area contributed by atoms with Gasteiger partial charge >= 0.3 is 0 Å². The molecule has 0 bridgehead atoms. The standard InChI is InChI=1S/C14H22N2O2/c1-16-13(17)8-12(14(16)18)15-11-4-2-3-10(7-11)9-5-6-9/h9-12,15H,2-8H2,1H3. The van der Waals surface area contributed by atoms with E-state index in [0.717, 1.165) is 18.3 Å². The molecule has 3 fully saturated rings. The maximum absolute atomic E-state index is 11.9. The van der Waals surface area contributed by atoms with E-state index in [1.807, 2.05) is 0 Å². The molecular weight excluding hydrogens is 228 g/mol. The first-order chi connectivity index (χ1) is 8.65. The lowest BCUT2D eigenvalue weighted by Gasteiger charge is -2.31. The molecule has 0 radical (unpaired) electrons. The van der Waals surface area contributed by atoms with Gasteiger partial charge < -0.3 is 5.32 Å². The van der Waals surface area contributed by atoms with Crippen LogP contribution in [0.3, 0.4) is 0 Å². The van der Waals surface area contributed by atoms with Crippen LogP contribution in [0.25, 0.3) is 0 Å². The highest BCUT2D eigenvalue weighted by atomic mass is 16.2. The summed E-state index contributed by atoms with van der Waals surface area (Å²) >= 11 is 0. The van der Waals surface area contributed by atoms with Gasteiger partial charge in [-0.05, 0) is 37.5 Å². The molecule has 4 heteroatoms. The second-order valence-corrected chi connectivity index (χ2v) is 6.18. The second kappa shape index (κ2) is 4.65. The van der Waals surface area contributed by atoms with Crippen molar-refractivity contribution in [2.24, 2.45) is 11.8 Å². The number of imide groups is 1. The molecule has 0 spiro atoms. The zero-order valence-corrected chi connectivity index (χ0v) is 11.0. The molecule has 3 aliphatic rings. The average molecular weight is 250 g/mol. The number of likely N-dealkylation sites (tertiary alicyclic amines) is 1. The van der Waals surface area contributed by atoms with Crippen molar-refractivity contribution in [3.63, 3.8) is 0 Å². The van der Waals surface area contributed by atoms with Crippen molar-refractivity contribution >= 4 is 11.8 Å². The fourth-order valence-electron chi connectivity index (χ4n) is 3.55. The van der Waals surface area contributed by atoms with Crippen molar-refractivity contribution in [1.29, 1.82) is 0 Å². The zero-order valence-electron chi connectivity index (χ0n) is 11.0. The van der Waals surface area contributed by atoms with Crippen molar-refractivity contribution in [2.75, 3.05) is 7.05 Å². The summed E-state index contributed by atoms with van der Waals surface area (Å²) < 4.78 is 0. The van der Waals surface area contributed by atoms with Crippen molar-refractivity contribution in [2.45, 2.75) is 57.0 Å². The molecule has 18 heavy (non-hydrogen) atoms. The molecule has 3 rings (SSSR count). The predicted octanol–water partition coefficient (Wildman–Crippen LogP) is 1.30. The van der Waals surface area contributed by atoms with Gasteiger partial charge in [-0.3, -0.25) is 14.5 Å². The maximum Gasteiger partial charge on any atom is 0.246 e. The molecule has 100 valence electrons. The summed E-state index contributed by atoms with van der Waals surface area (Å²) in [6, 6.07) is 0.183. The molecule has 0 aromatic heterocycles. The van der Waals surface area contributed by atoms with E-state index in [0.29, 0.717) is 12.5 Å². The lowest BCUT2D eigenvalue weighted by Crippen LogP contribution is -2.45. The lowest BCUT2D eigenvalue weighted by atomic mass is 9.82. The summed E-state index contributed by atoms with van der Waals surface area (Å²) in [5, 5.41) is 3.43. The highest BCUT2D eigenvalue weighted by Crippen LogP contribution is 2.44. The number of nitrogens with zero attached hydrogens (tertiary/aromatic N) is 1. The third kappa shape index (κ3) is 2.30. The largest absolute Gasteiger partial charge is 0.303 e. The summed E-state index contributed by atoms with van der Waals surface area (Å²) in [6.45, 7) is 0. The minimum atomic E-state index is -0.259. The molecule has 1 heterocycles. The van der Waals surface area contributed by atoms with Crippen LogP contribution in [-0.2, 0) is 9.59 Å². The van der Waals surface area contributed by atoms with Crippen molar-refractivity contribution in [1.82, 2.24) is 10.2 Å². The fraction of sp³-hybridized carbons (Fsp3) is 0.857. The smallest absolute Gasteiger partial charge is 0.246 e. The zero-order chi connectivity index (χ0) is 12.7. The summed E-state index contributed by atoms with van der Waals surface area (Å²) in [4.78, 5) is 24.6. The minimum absolute atomic E-state index is 0.0476. The Labute approximate surface area is 108 Å². The van der Waals surface area contributed by atoms with Gasteiger partial charge in [0.05, 0.1) is 12.5 Å². The average Bonchev–Trinajstić information content (AvgIpc) is 3.17. The Balaban J connectivity index is 1.56. The van der Waals surface area contributed by atoms with Crippen molar-refractivity contribution in [3.05, 3.63) is 0 Å². The molecule has 1 aliphatic heterocycles. The Hall–Kier alpha value is -0.900. The number of amides is 2. The number of rotatable bonds is 3. The van der Waals surface area contributed by atoms with Crippen molar-refractivity contribution in [3.8, 4) is 0 Å². The molecule has 3 atom stereocenters. The second-order valence-electron chi connectivity index (χ2n) is 6.18. The van der Waals surface area contributed by atoms with E-state index in [1.165, 1.54) is 37.0 Å². The highest BCUT2D eigenvalue weighted by molar-refractivity contribution is 6.05. The van der Waals surface area contributed by atoms with Gasteiger partial charge in [0.1, 0.15) is 0 Å². The van der Waals surface area contributed by atoms with E-state index in [4.69, 9.17) is 0 Å². The van der Waals surface area contributed by atoms with Gasteiger partial charge in [0.25, 0.3) is 0 Å². The van der Waals surface area contributed by atoms with E-state index < -0.39 is 0 Å². The first-order valence-corrected chi connectivity index (χ1v) is 7.21. The molecule has 1 saturated heterocycles. The molecule has 0 aromatic carbocycles. The van der Waals surface area contributed by atoms with E-state index in [9.17, 15) is 9.59 Å². The topological polar surface area (TPSA) is 49.4 Å². The van der Waals surface area contributed by atoms with Gasteiger partial charge in [0.2, 0.25) is 11.8 Å². The van der Waals surface area contributed by atoms with E-state index in [1.54, 1.807) is 7.05 Å². The lowest BCUT2D eigenvalue weighted by molar-refractivity contribution is -0.137. The molecule has 3 unspecified atom stereocenters. The van der Waals surface area contributed by atoms with Gasteiger partial charge in [-0.1, -0.05) is 12.8 Å². The van der Waals surface area contributed by atoms with Gasteiger partial charge in [0, 0.05) is 13.1 Å². The molecule has 1 N–H and O–H groups in total. The first kappa shape index (κ1) is 12.2. The molecular formula is C14H22N2O2. The maximum atomic E-state index is 11.9. The number of nitrogens with one attached hydrogen (secondary N) is 1. The Morgan fingerprint density at radius 1 is 1.11 bits per heavy atom. The number of likely N-dealkylation sites (N-methyl/N-ethyl adjacent to an activating group) is 1. The number of carbonyl (C=O) groups excluding carboxylic acids is 2. The Bertz CT molecular complexity index is 365. The van der Waals surface area contributed by atoms with Gasteiger partial charge in [-0.15, -0.1) is 0 Å². The highest BCUT2D eigenvalue weighted by Gasteiger charge is 2.39. The van der Waals surface area contributed by atoms with E-state index in [2.05, 4.69) is 5.32 Å². The third-order valence-electron chi connectivity index (χ3n) is 4.82. The van der Waals surface area contributed by atoms with Crippen LogP contribution in [0.2, 0.25) is 0 Å². The van der Waals surface area contributed by atoms with Crippen molar-refractivity contribution < 1.29 is 9.59 Å². The van der Waals surface area contributed by atoms with E-state index >= 15 is 0 Å². The van der Waals surface area contributed by atoms with Crippen LogP contribution >= 0.6 is 0 Å². The number of hydrogen-bond donors (Lipinski definition) is 1. The summed E-state index contributed by atoms with van der Waals surface area (Å²) in [5.74, 6) is 1.72. The minimum Gasteiger partial charge on any atom is -0.303 e. The molecule has 2 aliphatic carbocycles. The van der Waals surface area contributed by atoms with Crippen LogP contribution in [-0.4, -0.2) is 35.8 Å².